The average Bonchev–Trinajstić information content (AvgIpc) is 2.18. The van der Waals surface area contributed by atoms with E-state index in [1.165, 1.54) is 0 Å². The van der Waals surface area contributed by atoms with Crippen LogP contribution in [0.15, 0.2) is 29.3 Å². The van der Waals surface area contributed by atoms with Crippen molar-refractivity contribution in [1.29, 1.82) is 0 Å². The van der Waals surface area contributed by atoms with Crippen LogP contribution in [0.1, 0.15) is 15.9 Å². The van der Waals surface area contributed by atoms with Crippen LogP contribution in [-0.4, -0.2) is 12.5 Å². The first-order valence-corrected chi connectivity index (χ1v) is 5.28. The van der Waals surface area contributed by atoms with Crippen LogP contribution in [0.25, 0.3) is 0 Å². The van der Waals surface area contributed by atoms with E-state index in [-0.39, 0.29) is 5.91 Å². The zero-order chi connectivity index (χ0) is 11.4. The Kier molecular flexibility index (Phi) is 3.91. The summed E-state index contributed by atoms with van der Waals surface area (Å²) in [5.74, 6) is -0.184. The number of anilines is 1. The highest BCUT2D eigenvalue weighted by Crippen LogP contribution is 2.16. The maximum atomic E-state index is 11.7. The Hall–Kier alpha value is -1.29. The lowest BCUT2D eigenvalue weighted by Gasteiger charge is -2.08. The minimum Gasteiger partial charge on any atom is -0.398 e. The van der Waals surface area contributed by atoms with Crippen molar-refractivity contribution in [2.45, 2.75) is 6.92 Å². The first-order chi connectivity index (χ1) is 7.02. The molecule has 15 heavy (non-hydrogen) atoms. The fourth-order valence-corrected chi connectivity index (χ4v) is 1.29. The van der Waals surface area contributed by atoms with Crippen molar-refractivity contribution in [2.24, 2.45) is 0 Å². The molecule has 0 aromatic heterocycles. The molecule has 0 aliphatic rings. The van der Waals surface area contributed by atoms with E-state index in [2.05, 4.69) is 27.8 Å². The molecule has 1 rings (SSSR count). The first-order valence-electron chi connectivity index (χ1n) is 4.49. The molecule has 0 heterocycles. The smallest absolute Gasteiger partial charge is 0.253 e. The summed E-state index contributed by atoms with van der Waals surface area (Å²) < 4.78 is 0.724. The summed E-state index contributed by atoms with van der Waals surface area (Å²) in [6.45, 7) is 5.90. The first kappa shape index (κ1) is 11.8. The minimum absolute atomic E-state index is 0.184. The Morgan fingerprint density at radius 1 is 1.60 bits per heavy atom. The van der Waals surface area contributed by atoms with Gasteiger partial charge in [0.2, 0.25) is 0 Å². The fourth-order valence-electron chi connectivity index (χ4n) is 1.15. The number of para-hydroxylation sites is 1. The van der Waals surface area contributed by atoms with Gasteiger partial charge in [-0.2, -0.15) is 0 Å². The lowest BCUT2D eigenvalue weighted by Crippen LogP contribution is -2.25. The van der Waals surface area contributed by atoms with Crippen LogP contribution in [0, 0.1) is 6.92 Å². The summed E-state index contributed by atoms with van der Waals surface area (Å²) in [5, 5.41) is 2.70. The van der Waals surface area contributed by atoms with Crippen LogP contribution in [0.3, 0.4) is 0 Å². The summed E-state index contributed by atoms with van der Waals surface area (Å²) in [5.41, 5.74) is 7.72. The largest absolute Gasteiger partial charge is 0.398 e. The highest BCUT2D eigenvalue weighted by atomic mass is 79.9. The van der Waals surface area contributed by atoms with Gasteiger partial charge in [0.25, 0.3) is 5.91 Å². The van der Waals surface area contributed by atoms with Crippen molar-refractivity contribution in [1.82, 2.24) is 5.32 Å². The summed E-state index contributed by atoms with van der Waals surface area (Å²) in [4.78, 5) is 11.7. The van der Waals surface area contributed by atoms with Crippen molar-refractivity contribution in [3.05, 3.63) is 40.4 Å². The number of benzene rings is 1. The van der Waals surface area contributed by atoms with E-state index >= 15 is 0 Å². The van der Waals surface area contributed by atoms with Crippen LogP contribution in [0.5, 0.6) is 0 Å². The van der Waals surface area contributed by atoms with Crippen LogP contribution in [0.4, 0.5) is 5.69 Å². The molecule has 0 spiro atoms. The lowest BCUT2D eigenvalue weighted by atomic mass is 10.1. The molecule has 80 valence electrons. The average molecular weight is 269 g/mol. The lowest BCUT2D eigenvalue weighted by molar-refractivity contribution is 0.0958. The van der Waals surface area contributed by atoms with E-state index in [0.29, 0.717) is 17.8 Å². The number of halogens is 1. The highest BCUT2D eigenvalue weighted by molar-refractivity contribution is 9.11. The van der Waals surface area contributed by atoms with E-state index in [1.54, 1.807) is 6.07 Å². The quantitative estimate of drug-likeness (QED) is 0.826. The van der Waals surface area contributed by atoms with E-state index in [4.69, 9.17) is 5.73 Å². The third-order valence-corrected chi connectivity index (χ3v) is 2.29. The van der Waals surface area contributed by atoms with E-state index < -0.39 is 0 Å². The number of carbonyl (C=O) groups is 1. The molecule has 0 fully saturated rings. The number of nitrogen functional groups attached to an aromatic ring is 1. The van der Waals surface area contributed by atoms with Crippen molar-refractivity contribution in [2.75, 3.05) is 12.3 Å². The molecule has 1 aromatic rings. The van der Waals surface area contributed by atoms with Crippen LogP contribution >= 0.6 is 15.9 Å². The Morgan fingerprint density at radius 2 is 2.27 bits per heavy atom. The normalized spacial score (nSPS) is 9.73. The van der Waals surface area contributed by atoms with Crippen molar-refractivity contribution in [3.63, 3.8) is 0 Å². The minimum atomic E-state index is -0.184. The summed E-state index contributed by atoms with van der Waals surface area (Å²) in [6, 6.07) is 5.38. The second-order valence-corrected chi connectivity index (χ2v) is 4.36. The molecule has 0 unspecified atom stereocenters. The SMILES string of the molecule is C=C(Br)CNC(=O)c1cccc(C)c1N. The number of nitrogens with two attached hydrogens (primary N) is 1. The molecular weight excluding hydrogens is 256 g/mol. The Bertz CT molecular complexity index is 402. The molecule has 0 saturated carbocycles. The molecule has 3 N–H and O–H groups in total. The van der Waals surface area contributed by atoms with Gasteiger partial charge in [0.1, 0.15) is 0 Å². The molecule has 0 saturated heterocycles. The monoisotopic (exact) mass is 268 g/mol. The van der Waals surface area contributed by atoms with Crippen molar-refractivity contribution >= 4 is 27.5 Å². The second-order valence-electron chi connectivity index (χ2n) is 3.24. The summed E-state index contributed by atoms with van der Waals surface area (Å²) >= 11 is 3.17. The molecule has 0 radical (unpaired) electrons. The van der Waals surface area contributed by atoms with Gasteiger partial charge in [0.15, 0.2) is 0 Å². The van der Waals surface area contributed by atoms with Gasteiger partial charge >= 0.3 is 0 Å². The molecule has 1 amide bonds. The fraction of sp³-hybridized carbons (Fsp3) is 0.182. The van der Waals surface area contributed by atoms with Gasteiger partial charge in [-0.25, -0.2) is 0 Å². The third-order valence-electron chi connectivity index (χ3n) is 2.01. The number of hydrogen-bond donors (Lipinski definition) is 2. The van der Waals surface area contributed by atoms with Crippen LogP contribution in [0.2, 0.25) is 0 Å². The van der Waals surface area contributed by atoms with Gasteiger partial charge in [-0.3, -0.25) is 4.79 Å². The summed E-state index contributed by atoms with van der Waals surface area (Å²) in [7, 11) is 0. The molecule has 1 aromatic carbocycles. The van der Waals surface area contributed by atoms with E-state index in [1.807, 2.05) is 19.1 Å². The number of rotatable bonds is 3. The van der Waals surface area contributed by atoms with Crippen molar-refractivity contribution in [3.8, 4) is 0 Å². The second kappa shape index (κ2) is 4.98. The Balaban J connectivity index is 2.82. The molecule has 4 heteroatoms. The topological polar surface area (TPSA) is 55.1 Å². The predicted octanol–water partition coefficient (Wildman–Crippen LogP) is 2.22. The van der Waals surface area contributed by atoms with Crippen LogP contribution in [-0.2, 0) is 0 Å². The Labute approximate surface area is 97.5 Å². The maximum Gasteiger partial charge on any atom is 0.253 e. The van der Waals surface area contributed by atoms with E-state index in [9.17, 15) is 4.79 Å². The van der Waals surface area contributed by atoms with Crippen LogP contribution < -0.4 is 11.1 Å². The number of carbonyl (C=O) groups excluding carboxylic acids is 1. The molecule has 0 atom stereocenters. The molecular formula is C11H13BrN2O. The summed E-state index contributed by atoms with van der Waals surface area (Å²) in [6.07, 6.45) is 0. The van der Waals surface area contributed by atoms with E-state index in [0.717, 1.165) is 10.0 Å². The van der Waals surface area contributed by atoms with Gasteiger partial charge < -0.3 is 11.1 Å². The number of hydrogen-bond acceptors (Lipinski definition) is 2. The standard InChI is InChI=1S/C11H13BrN2O/c1-7-4-3-5-9(10(7)13)11(15)14-6-8(2)12/h3-5H,2,6,13H2,1H3,(H,14,15). The molecule has 3 nitrogen and oxygen atoms in total. The molecule has 0 aliphatic heterocycles. The van der Waals surface area contributed by atoms with Gasteiger partial charge in [-0.15, -0.1) is 0 Å². The van der Waals surface area contributed by atoms with Gasteiger partial charge in [0.05, 0.1) is 5.56 Å². The molecule has 0 aliphatic carbocycles. The zero-order valence-corrected chi connectivity index (χ0v) is 10.1. The number of aryl methyl sites for hydroxylation is 1. The number of amides is 1. The predicted molar refractivity (Wildman–Crippen MR) is 66.0 cm³/mol. The highest BCUT2D eigenvalue weighted by Gasteiger charge is 2.09. The number of nitrogens with one attached hydrogen (secondary N) is 1. The Morgan fingerprint density at radius 3 is 2.87 bits per heavy atom. The zero-order valence-electron chi connectivity index (χ0n) is 8.51. The molecule has 0 bridgehead atoms. The van der Waals surface area contributed by atoms with Gasteiger partial charge in [0, 0.05) is 16.7 Å². The van der Waals surface area contributed by atoms with Crippen molar-refractivity contribution < 1.29 is 4.79 Å². The van der Waals surface area contributed by atoms with Gasteiger partial charge in [-0.05, 0) is 18.6 Å². The maximum absolute atomic E-state index is 11.7. The third kappa shape index (κ3) is 3.09. The van der Waals surface area contributed by atoms with Gasteiger partial charge in [-0.1, -0.05) is 34.6 Å².